The third kappa shape index (κ3) is 4.71. The lowest BCUT2D eigenvalue weighted by atomic mass is 10.1. The fourth-order valence-corrected chi connectivity index (χ4v) is 2.50. The van der Waals surface area contributed by atoms with E-state index in [1.54, 1.807) is 23.7 Å². The molecule has 0 spiro atoms. The fraction of sp³-hybridized carbons (Fsp3) is 0.500. The molecule has 0 saturated heterocycles. The number of hydrogen-bond donors (Lipinski definition) is 1. The van der Waals surface area contributed by atoms with Crippen LogP contribution in [0.25, 0.3) is 0 Å². The van der Waals surface area contributed by atoms with Gasteiger partial charge < -0.3 is 10.6 Å². The molecule has 0 aliphatic heterocycles. The summed E-state index contributed by atoms with van der Waals surface area (Å²) in [5.74, 6) is 0.869. The number of rotatable bonds is 6. The number of likely N-dealkylation sites (N-methyl/N-ethyl adjacent to an activating group) is 1. The van der Waals surface area contributed by atoms with Crippen LogP contribution in [0, 0.1) is 0 Å². The fourth-order valence-electron chi connectivity index (χ4n) is 1.81. The Hall–Kier alpha value is -0.710. The second kappa shape index (κ2) is 7.78. The molecule has 1 unspecified atom stereocenters. The first-order chi connectivity index (χ1) is 8.97. The zero-order valence-electron chi connectivity index (χ0n) is 11.6. The van der Waals surface area contributed by atoms with E-state index in [9.17, 15) is 4.79 Å². The zero-order chi connectivity index (χ0) is 14.4. The molecule has 0 aromatic heterocycles. The van der Waals surface area contributed by atoms with Gasteiger partial charge in [0.15, 0.2) is 0 Å². The van der Waals surface area contributed by atoms with Gasteiger partial charge in [-0.3, -0.25) is 4.79 Å². The highest BCUT2D eigenvalue weighted by molar-refractivity contribution is 7.98. The molecule has 0 saturated carbocycles. The Labute approximate surface area is 124 Å². The number of carbonyl (C=O) groups is 1. The summed E-state index contributed by atoms with van der Waals surface area (Å²) in [6, 6.07) is 7.09. The van der Waals surface area contributed by atoms with Crippen molar-refractivity contribution in [3.63, 3.8) is 0 Å². The Morgan fingerprint density at radius 1 is 1.53 bits per heavy atom. The predicted molar refractivity (Wildman–Crippen MR) is 83.6 cm³/mol. The number of thioether (sulfide) groups is 1. The summed E-state index contributed by atoms with van der Waals surface area (Å²) >= 11 is 7.67. The highest BCUT2D eigenvalue weighted by atomic mass is 35.5. The lowest BCUT2D eigenvalue weighted by Gasteiger charge is -2.28. The number of nitrogens with zero attached hydrogens (tertiary/aromatic N) is 1. The van der Waals surface area contributed by atoms with Gasteiger partial charge >= 0.3 is 0 Å². The first-order valence-electron chi connectivity index (χ1n) is 6.24. The molecule has 0 aliphatic carbocycles. The maximum Gasteiger partial charge on any atom is 0.239 e. The Bertz CT molecular complexity index is 428. The van der Waals surface area contributed by atoms with Crippen LogP contribution in [0.3, 0.4) is 0 Å². The van der Waals surface area contributed by atoms with Crippen LogP contribution in [0.15, 0.2) is 24.3 Å². The minimum absolute atomic E-state index is 0.0264. The zero-order valence-corrected chi connectivity index (χ0v) is 13.2. The van der Waals surface area contributed by atoms with Gasteiger partial charge in [-0.05, 0) is 43.0 Å². The first-order valence-corrected chi connectivity index (χ1v) is 8.01. The quantitative estimate of drug-likeness (QED) is 0.878. The molecule has 1 amide bonds. The van der Waals surface area contributed by atoms with Crippen molar-refractivity contribution in [2.75, 3.05) is 19.1 Å². The van der Waals surface area contributed by atoms with Gasteiger partial charge in [-0.15, -0.1) is 0 Å². The number of benzene rings is 1. The average Bonchev–Trinajstić information content (AvgIpc) is 2.42. The molecule has 1 aromatic carbocycles. The smallest absolute Gasteiger partial charge is 0.239 e. The lowest BCUT2D eigenvalue weighted by Crippen LogP contribution is -2.43. The molecule has 2 atom stereocenters. The molecular weight excluding hydrogens is 280 g/mol. The summed E-state index contributed by atoms with van der Waals surface area (Å²) in [7, 11) is 1.78. The van der Waals surface area contributed by atoms with E-state index in [4.69, 9.17) is 17.3 Å². The van der Waals surface area contributed by atoms with Crippen LogP contribution in [0.5, 0.6) is 0 Å². The van der Waals surface area contributed by atoms with Crippen LogP contribution >= 0.6 is 23.4 Å². The maximum absolute atomic E-state index is 12.2. The molecule has 0 aliphatic rings. The number of halogens is 1. The number of nitrogens with two attached hydrogens (primary N) is 1. The minimum atomic E-state index is -0.431. The Morgan fingerprint density at radius 2 is 2.21 bits per heavy atom. The summed E-state index contributed by atoms with van der Waals surface area (Å²) in [6.07, 6.45) is 2.71. The second-order valence-corrected chi connectivity index (χ2v) is 5.99. The molecule has 2 N–H and O–H groups in total. The predicted octanol–water partition coefficient (Wildman–Crippen LogP) is 2.94. The number of carbonyl (C=O) groups excluding carboxylic acids is 1. The number of amides is 1. The van der Waals surface area contributed by atoms with Gasteiger partial charge in [-0.2, -0.15) is 11.8 Å². The Balaban J connectivity index is 2.70. The summed E-state index contributed by atoms with van der Waals surface area (Å²) in [4.78, 5) is 13.9. The highest BCUT2D eigenvalue weighted by Crippen LogP contribution is 2.22. The molecule has 106 valence electrons. The van der Waals surface area contributed by atoms with Crippen LogP contribution in [-0.2, 0) is 4.79 Å². The third-order valence-electron chi connectivity index (χ3n) is 3.21. The third-order valence-corrected chi connectivity index (χ3v) is 4.09. The van der Waals surface area contributed by atoms with Crippen molar-refractivity contribution in [2.45, 2.75) is 25.4 Å². The summed E-state index contributed by atoms with van der Waals surface area (Å²) in [6.45, 7) is 1.98. The minimum Gasteiger partial charge on any atom is -0.338 e. The van der Waals surface area contributed by atoms with Gasteiger partial charge in [0.1, 0.15) is 0 Å². The standard InChI is InChI=1S/C14H21ClN2OS/c1-10(11-5-4-6-12(15)9-11)17(2)14(18)13(16)7-8-19-3/h4-6,9-10,13H,7-8,16H2,1-3H3/t10?,13-/m0/s1. The van der Waals surface area contributed by atoms with Crippen molar-refractivity contribution >= 4 is 29.3 Å². The van der Waals surface area contributed by atoms with Gasteiger partial charge in [0.05, 0.1) is 12.1 Å². The summed E-state index contributed by atoms with van der Waals surface area (Å²) < 4.78 is 0. The van der Waals surface area contributed by atoms with Crippen LogP contribution in [0.2, 0.25) is 5.02 Å². The molecule has 3 nitrogen and oxygen atoms in total. The molecule has 5 heteroatoms. The molecule has 0 heterocycles. The highest BCUT2D eigenvalue weighted by Gasteiger charge is 2.22. The van der Waals surface area contributed by atoms with E-state index < -0.39 is 6.04 Å². The average molecular weight is 301 g/mol. The van der Waals surface area contributed by atoms with Crippen molar-refractivity contribution in [3.8, 4) is 0 Å². The van der Waals surface area contributed by atoms with E-state index in [2.05, 4.69) is 0 Å². The summed E-state index contributed by atoms with van der Waals surface area (Å²) in [5, 5.41) is 0.678. The van der Waals surface area contributed by atoms with Gasteiger partial charge in [0, 0.05) is 12.1 Å². The maximum atomic E-state index is 12.2. The van der Waals surface area contributed by atoms with E-state index in [1.165, 1.54) is 0 Å². The van der Waals surface area contributed by atoms with Crippen molar-refractivity contribution < 1.29 is 4.79 Å². The molecule has 0 radical (unpaired) electrons. The number of hydrogen-bond acceptors (Lipinski definition) is 3. The molecular formula is C14H21ClN2OS. The molecule has 0 bridgehead atoms. The van der Waals surface area contributed by atoms with Crippen molar-refractivity contribution in [3.05, 3.63) is 34.9 Å². The monoisotopic (exact) mass is 300 g/mol. The molecule has 0 fully saturated rings. The van der Waals surface area contributed by atoms with Crippen molar-refractivity contribution in [2.24, 2.45) is 5.73 Å². The molecule has 1 rings (SSSR count). The Kier molecular flexibility index (Phi) is 6.69. The van der Waals surface area contributed by atoms with Crippen LogP contribution in [0.4, 0.5) is 0 Å². The topological polar surface area (TPSA) is 46.3 Å². The van der Waals surface area contributed by atoms with Crippen molar-refractivity contribution in [1.82, 2.24) is 4.90 Å². The van der Waals surface area contributed by atoms with Gasteiger partial charge in [-0.25, -0.2) is 0 Å². The normalized spacial score (nSPS) is 13.9. The van der Waals surface area contributed by atoms with E-state index in [0.29, 0.717) is 11.4 Å². The van der Waals surface area contributed by atoms with E-state index in [-0.39, 0.29) is 11.9 Å². The van der Waals surface area contributed by atoms with E-state index in [0.717, 1.165) is 11.3 Å². The van der Waals surface area contributed by atoms with Crippen LogP contribution in [-0.4, -0.2) is 35.9 Å². The molecule has 1 aromatic rings. The van der Waals surface area contributed by atoms with Gasteiger partial charge in [-0.1, -0.05) is 23.7 Å². The van der Waals surface area contributed by atoms with Crippen LogP contribution in [0.1, 0.15) is 24.9 Å². The van der Waals surface area contributed by atoms with Gasteiger partial charge in [0.2, 0.25) is 5.91 Å². The second-order valence-electron chi connectivity index (χ2n) is 4.57. The Morgan fingerprint density at radius 3 is 2.79 bits per heavy atom. The van der Waals surface area contributed by atoms with Gasteiger partial charge in [0.25, 0.3) is 0 Å². The van der Waals surface area contributed by atoms with E-state index in [1.807, 2.05) is 37.4 Å². The largest absolute Gasteiger partial charge is 0.338 e. The molecule has 19 heavy (non-hydrogen) atoms. The van der Waals surface area contributed by atoms with Crippen molar-refractivity contribution in [1.29, 1.82) is 0 Å². The lowest BCUT2D eigenvalue weighted by molar-refractivity contribution is -0.133. The van der Waals surface area contributed by atoms with Crippen LogP contribution < -0.4 is 5.73 Å². The summed E-state index contributed by atoms with van der Waals surface area (Å²) in [5.41, 5.74) is 6.93. The first kappa shape index (κ1) is 16.3. The van der Waals surface area contributed by atoms with E-state index >= 15 is 0 Å². The SMILES string of the molecule is CSCC[C@H](N)C(=O)N(C)C(C)c1cccc(Cl)c1.